The lowest BCUT2D eigenvalue weighted by Gasteiger charge is -2.36. The topological polar surface area (TPSA) is 76.4 Å². The molecular formula is C25H32N4O2S. The largest absolute Gasteiger partial charge is 0.354 e. The first-order valence-corrected chi connectivity index (χ1v) is 12.2. The van der Waals surface area contributed by atoms with Crippen LogP contribution >= 0.6 is 11.3 Å². The molecule has 1 N–H and O–H groups in total. The molecule has 1 aromatic heterocycles. The molecule has 7 heteroatoms. The number of thiophene rings is 1. The van der Waals surface area contributed by atoms with Gasteiger partial charge in [0, 0.05) is 36.5 Å². The van der Waals surface area contributed by atoms with Crippen molar-refractivity contribution in [2.24, 2.45) is 5.92 Å². The quantitative estimate of drug-likeness (QED) is 0.581. The first-order valence-electron chi connectivity index (χ1n) is 11.3. The monoisotopic (exact) mass is 452 g/mol. The average molecular weight is 453 g/mol. The molecule has 0 spiro atoms. The lowest BCUT2D eigenvalue weighted by Crippen LogP contribution is -2.41. The van der Waals surface area contributed by atoms with Crippen LogP contribution in [0.2, 0.25) is 0 Å². The van der Waals surface area contributed by atoms with Crippen LogP contribution in [0.15, 0.2) is 47.8 Å². The van der Waals surface area contributed by atoms with E-state index >= 15 is 0 Å². The molecule has 2 aromatic rings. The van der Waals surface area contributed by atoms with Crippen LogP contribution in [-0.4, -0.2) is 42.9 Å². The van der Waals surface area contributed by atoms with Gasteiger partial charge in [0.1, 0.15) is 0 Å². The number of anilines is 1. The molecule has 0 saturated carbocycles. The van der Waals surface area contributed by atoms with Crippen molar-refractivity contribution in [2.45, 2.75) is 45.1 Å². The predicted molar refractivity (Wildman–Crippen MR) is 128 cm³/mol. The summed E-state index contributed by atoms with van der Waals surface area (Å²) in [5, 5.41) is 14.1. The van der Waals surface area contributed by atoms with Crippen LogP contribution in [0.3, 0.4) is 0 Å². The highest BCUT2D eigenvalue weighted by atomic mass is 32.1. The maximum absolute atomic E-state index is 12.8. The summed E-state index contributed by atoms with van der Waals surface area (Å²) in [6.45, 7) is 5.27. The molecule has 1 saturated heterocycles. The number of nitrogens with one attached hydrogen (secondary N) is 1. The Morgan fingerprint density at radius 2 is 1.94 bits per heavy atom. The maximum Gasteiger partial charge on any atom is 0.227 e. The molecule has 0 aliphatic carbocycles. The molecule has 0 bridgehead atoms. The lowest BCUT2D eigenvalue weighted by molar-refractivity contribution is -0.125. The van der Waals surface area contributed by atoms with Gasteiger partial charge in [-0.15, -0.1) is 11.3 Å². The number of benzene rings is 1. The minimum atomic E-state index is -0.138. The second kappa shape index (κ2) is 12.4. The van der Waals surface area contributed by atoms with E-state index in [2.05, 4.69) is 40.7 Å². The van der Waals surface area contributed by atoms with Gasteiger partial charge in [-0.1, -0.05) is 31.2 Å². The summed E-state index contributed by atoms with van der Waals surface area (Å²) < 4.78 is 0. The van der Waals surface area contributed by atoms with Crippen LogP contribution < -0.4 is 10.2 Å². The second-order valence-corrected chi connectivity index (χ2v) is 9.32. The molecule has 6 nitrogen and oxygen atoms in total. The van der Waals surface area contributed by atoms with Crippen LogP contribution in [-0.2, 0) is 9.59 Å². The Hall–Kier alpha value is -2.69. The highest BCUT2D eigenvalue weighted by Gasteiger charge is 2.26. The number of para-hydroxylation sites is 1. The molecule has 1 fully saturated rings. The Morgan fingerprint density at radius 1 is 1.19 bits per heavy atom. The molecule has 1 aliphatic heterocycles. The van der Waals surface area contributed by atoms with Gasteiger partial charge in [0.15, 0.2) is 0 Å². The van der Waals surface area contributed by atoms with E-state index in [1.54, 1.807) is 16.2 Å². The second-order valence-electron chi connectivity index (χ2n) is 8.34. The van der Waals surface area contributed by atoms with E-state index in [-0.39, 0.29) is 37.1 Å². The number of rotatable bonds is 10. The van der Waals surface area contributed by atoms with Crippen LogP contribution in [0.1, 0.15) is 49.9 Å². The third kappa shape index (κ3) is 6.91. The number of nitriles is 1. The molecule has 2 amide bonds. The van der Waals surface area contributed by atoms with Gasteiger partial charge >= 0.3 is 0 Å². The SMILES string of the molecule is CC1CCN(C(CNC(=O)CCC(=O)N(CCC#N)c2ccccc2)c2cccs2)CC1. The van der Waals surface area contributed by atoms with Gasteiger partial charge in [0.25, 0.3) is 0 Å². The van der Waals surface area contributed by atoms with Gasteiger partial charge in [0.2, 0.25) is 11.8 Å². The summed E-state index contributed by atoms with van der Waals surface area (Å²) in [4.78, 5) is 30.7. The van der Waals surface area contributed by atoms with Crippen molar-refractivity contribution in [1.82, 2.24) is 10.2 Å². The number of hydrogen-bond acceptors (Lipinski definition) is 5. The molecule has 0 radical (unpaired) electrons. The zero-order valence-electron chi connectivity index (χ0n) is 18.7. The summed E-state index contributed by atoms with van der Waals surface area (Å²) in [7, 11) is 0. The van der Waals surface area contributed by atoms with Gasteiger partial charge in [0.05, 0.1) is 18.5 Å². The minimum absolute atomic E-state index is 0.112. The van der Waals surface area contributed by atoms with Gasteiger partial charge < -0.3 is 10.2 Å². The van der Waals surface area contributed by atoms with E-state index in [0.29, 0.717) is 13.1 Å². The number of likely N-dealkylation sites (tertiary alicyclic amines) is 1. The molecular weight excluding hydrogens is 420 g/mol. The highest BCUT2D eigenvalue weighted by Crippen LogP contribution is 2.29. The van der Waals surface area contributed by atoms with E-state index in [9.17, 15) is 9.59 Å². The normalized spacial score (nSPS) is 15.6. The van der Waals surface area contributed by atoms with Gasteiger partial charge in [-0.3, -0.25) is 14.5 Å². The third-order valence-corrected chi connectivity index (χ3v) is 6.98. The van der Waals surface area contributed by atoms with Gasteiger partial charge in [-0.05, 0) is 55.4 Å². The summed E-state index contributed by atoms with van der Waals surface area (Å²) in [6, 6.07) is 15.8. The third-order valence-electron chi connectivity index (χ3n) is 6.01. The lowest BCUT2D eigenvalue weighted by atomic mass is 9.97. The number of hydrogen-bond donors (Lipinski definition) is 1. The van der Waals surface area contributed by atoms with Crippen molar-refractivity contribution < 1.29 is 9.59 Å². The van der Waals surface area contributed by atoms with Crippen molar-refractivity contribution in [1.29, 1.82) is 5.26 Å². The van der Waals surface area contributed by atoms with Crippen molar-refractivity contribution in [3.05, 3.63) is 52.7 Å². The maximum atomic E-state index is 12.8. The van der Waals surface area contributed by atoms with Gasteiger partial charge in [-0.2, -0.15) is 5.26 Å². The van der Waals surface area contributed by atoms with Crippen LogP contribution in [0.5, 0.6) is 0 Å². The molecule has 170 valence electrons. The molecule has 32 heavy (non-hydrogen) atoms. The highest BCUT2D eigenvalue weighted by molar-refractivity contribution is 7.10. The van der Waals surface area contributed by atoms with Crippen LogP contribution in [0.25, 0.3) is 0 Å². The van der Waals surface area contributed by atoms with E-state index in [1.807, 2.05) is 30.3 Å². The Labute approximate surface area is 194 Å². The number of nitrogens with zero attached hydrogens (tertiary/aromatic N) is 3. The fraction of sp³-hybridized carbons (Fsp3) is 0.480. The van der Waals surface area contributed by atoms with Crippen molar-refractivity contribution in [2.75, 3.05) is 31.1 Å². The number of piperidine rings is 1. The fourth-order valence-corrected chi connectivity index (χ4v) is 4.91. The Balaban J connectivity index is 1.53. The van der Waals surface area contributed by atoms with Gasteiger partial charge in [-0.25, -0.2) is 0 Å². The molecule has 3 rings (SSSR count). The molecule has 1 unspecified atom stereocenters. The van der Waals surface area contributed by atoms with Crippen molar-refractivity contribution in [3.8, 4) is 6.07 Å². The molecule has 1 atom stereocenters. The number of carbonyl (C=O) groups is 2. The van der Waals surface area contributed by atoms with E-state index < -0.39 is 0 Å². The van der Waals surface area contributed by atoms with E-state index in [4.69, 9.17) is 5.26 Å². The summed E-state index contributed by atoms with van der Waals surface area (Å²) in [6.07, 6.45) is 2.88. The van der Waals surface area contributed by atoms with Crippen LogP contribution in [0.4, 0.5) is 5.69 Å². The Morgan fingerprint density at radius 3 is 2.59 bits per heavy atom. The number of amides is 2. The molecule has 1 aromatic carbocycles. The molecule has 1 aliphatic rings. The Bertz CT molecular complexity index is 886. The summed E-state index contributed by atoms with van der Waals surface area (Å²) >= 11 is 1.72. The predicted octanol–water partition coefficient (Wildman–Crippen LogP) is 4.36. The fourth-order valence-electron chi connectivity index (χ4n) is 4.05. The molecule has 2 heterocycles. The number of carbonyl (C=O) groups excluding carboxylic acids is 2. The minimum Gasteiger partial charge on any atom is -0.354 e. The smallest absolute Gasteiger partial charge is 0.227 e. The summed E-state index contributed by atoms with van der Waals surface area (Å²) in [5.74, 6) is 0.504. The Kier molecular flexibility index (Phi) is 9.27. The average Bonchev–Trinajstić information content (AvgIpc) is 3.34. The first-order chi connectivity index (χ1) is 15.6. The zero-order chi connectivity index (χ0) is 22.8. The zero-order valence-corrected chi connectivity index (χ0v) is 19.5. The van der Waals surface area contributed by atoms with Crippen molar-refractivity contribution >= 4 is 28.8 Å². The van der Waals surface area contributed by atoms with Crippen molar-refractivity contribution in [3.63, 3.8) is 0 Å². The van der Waals surface area contributed by atoms with E-state index in [0.717, 1.165) is 24.7 Å². The van der Waals surface area contributed by atoms with E-state index in [1.165, 1.54) is 17.7 Å². The summed E-state index contributed by atoms with van der Waals surface area (Å²) in [5.41, 5.74) is 0.755. The standard InChI is InChI=1S/C25H32N4O2S/c1-20-12-16-28(17-13-20)22(23-9-5-18-32-23)19-27-24(30)10-11-25(31)29(15-6-14-26)21-7-3-2-4-8-21/h2-5,7-9,18,20,22H,6,10-13,15-17,19H2,1H3,(H,27,30). The van der Waals surface area contributed by atoms with Crippen LogP contribution in [0, 0.1) is 17.2 Å². The first kappa shape index (κ1) is 24.0.